The molecule has 2 aromatic carbocycles. The van der Waals surface area contributed by atoms with Gasteiger partial charge < -0.3 is 25.1 Å². The smallest absolute Gasteiger partial charge is 0.316 e. The number of esters is 1. The molecule has 0 bridgehead atoms. The van der Waals surface area contributed by atoms with Crippen LogP contribution < -0.4 is 16.6 Å². The molecule has 2 atom stereocenters. The van der Waals surface area contributed by atoms with Gasteiger partial charge in [-0.25, -0.2) is 9.67 Å². The second kappa shape index (κ2) is 11.7. The second-order valence-corrected chi connectivity index (χ2v) is 12.8. The maximum Gasteiger partial charge on any atom is 0.316 e. The van der Waals surface area contributed by atoms with Crippen LogP contribution in [-0.2, 0) is 44.2 Å². The first kappa shape index (κ1) is 30.7. The first-order valence-electron chi connectivity index (χ1n) is 15.9. The van der Waals surface area contributed by atoms with E-state index in [1.165, 1.54) is 0 Å². The van der Waals surface area contributed by atoms with Crippen LogP contribution in [0.4, 0.5) is 0 Å². The highest BCUT2D eigenvalue weighted by Crippen LogP contribution is 2.42. The van der Waals surface area contributed by atoms with Crippen molar-refractivity contribution in [2.24, 2.45) is 11.7 Å². The third-order valence-electron chi connectivity index (χ3n) is 9.64. The molecular weight excluding hydrogens is 598 g/mol. The van der Waals surface area contributed by atoms with Crippen molar-refractivity contribution < 1.29 is 19.1 Å². The molecule has 47 heavy (non-hydrogen) atoms. The van der Waals surface area contributed by atoms with Crippen LogP contribution in [0.1, 0.15) is 68.2 Å². The maximum absolute atomic E-state index is 14.0. The summed E-state index contributed by atoms with van der Waals surface area (Å²) in [6, 6.07) is 14.2. The van der Waals surface area contributed by atoms with Gasteiger partial charge in [0.2, 0.25) is 5.91 Å². The molecule has 3 aromatic heterocycles. The van der Waals surface area contributed by atoms with E-state index in [1.807, 2.05) is 58.2 Å². The van der Waals surface area contributed by atoms with Crippen LogP contribution in [0.15, 0.2) is 53.5 Å². The molecule has 2 aliphatic heterocycles. The minimum absolute atomic E-state index is 0.00489. The van der Waals surface area contributed by atoms with Crippen LogP contribution in [0.3, 0.4) is 0 Å². The second-order valence-electron chi connectivity index (χ2n) is 12.8. The lowest BCUT2D eigenvalue weighted by atomic mass is 9.76. The Hall–Kier alpha value is -4.94. The molecule has 0 saturated carbocycles. The molecule has 0 spiro atoms. The lowest BCUT2D eigenvalue weighted by Gasteiger charge is -2.33. The highest BCUT2D eigenvalue weighted by molar-refractivity contribution is 6.09. The van der Waals surface area contributed by atoms with E-state index in [2.05, 4.69) is 33.8 Å². The summed E-state index contributed by atoms with van der Waals surface area (Å²) in [4.78, 5) is 43.7. The third kappa shape index (κ3) is 4.99. The average molecular weight is 636 g/mol. The first-order chi connectivity index (χ1) is 22.6. The Morgan fingerprint density at radius 3 is 2.74 bits per heavy atom. The number of rotatable bonds is 9. The highest BCUT2D eigenvalue weighted by Gasteiger charge is 2.43. The van der Waals surface area contributed by atoms with Crippen molar-refractivity contribution >= 4 is 33.6 Å². The summed E-state index contributed by atoms with van der Waals surface area (Å²) < 4.78 is 15.0. The van der Waals surface area contributed by atoms with E-state index in [0.717, 1.165) is 38.5 Å². The summed E-state index contributed by atoms with van der Waals surface area (Å²) in [5.41, 5.74) is 10.3. The van der Waals surface area contributed by atoms with Gasteiger partial charge in [0.15, 0.2) is 0 Å². The average Bonchev–Trinajstić information content (AvgIpc) is 3.69. The highest BCUT2D eigenvalue weighted by atomic mass is 16.5. The zero-order valence-electron chi connectivity index (χ0n) is 26.9. The molecule has 1 unspecified atom stereocenters. The van der Waals surface area contributed by atoms with E-state index in [0.29, 0.717) is 42.0 Å². The molecular formula is C35H37N7O5. The molecule has 0 fully saturated rings. The van der Waals surface area contributed by atoms with Gasteiger partial charge >= 0.3 is 5.97 Å². The van der Waals surface area contributed by atoms with Gasteiger partial charge in [0.1, 0.15) is 25.1 Å². The standard InChI is InChI=1S/C35H37N7O5/c1-5-35(4)25-12-28-31-23(15-42(28)33(44)24(25)17-46-34(35)45)22(30-21-9-7-6-8-20(21)10-11-26(30)38-31)14-41-16-27(39-40-41)32(19(2)3)47-18-37-29(43)13-36/h6-12,16,19,32H,5,13-15,17-18,36H2,1-4H3,(H,37,43)/t32?,35-/m1/s1. The predicted molar refractivity (Wildman–Crippen MR) is 175 cm³/mol. The number of carbonyl (C=O) groups excluding carboxylic acids is 2. The van der Waals surface area contributed by atoms with Crippen molar-refractivity contribution in [1.29, 1.82) is 0 Å². The van der Waals surface area contributed by atoms with Crippen LogP contribution >= 0.6 is 0 Å². The van der Waals surface area contributed by atoms with E-state index in [9.17, 15) is 14.4 Å². The van der Waals surface area contributed by atoms with Gasteiger partial charge in [-0.15, -0.1) is 5.10 Å². The topological polar surface area (TPSA) is 156 Å². The Labute approximate surface area is 270 Å². The Bertz CT molecular complexity index is 2130. The first-order valence-corrected chi connectivity index (χ1v) is 15.9. The normalized spacial score (nSPS) is 17.4. The van der Waals surface area contributed by atoms with Gasteiger partial charge in [-0.2, -0.15) is 0 Å². The summed E-state index contributed by atoms with van der Waals surface area (Å²) in [7, 11) is 0. The monoisotopic (exact) mass is 635 g/mol. The maximum atomic E-state index is 14.0. The number of hydrogen-bond acceptors (Lipinski definition) is 9. The van der Waals surface area contributed by atoms with Gasteiger partial charge in [0.05, 0.1) is 53.7 Å². The quantitative estimate of drug-likeness (QED) is 0.137. The molecule has 12 nitrogen and oxygen atoms in total. The van der Waals surface area contributed by atoms with E-state index in [-0.39, 0.29) is 43.2 Å². The number of benzene rings is 2. The summed E-state index contributed by atoms with van der Waals surface area (Å²) in [6.07, 6.45) is 1.96. The Morgan fingerprint density at radius 1 is 1.17 bits per heavy atom. The fraction of sp³-hybridized carbons (Fsp3) is 0.371. The van der Waals surface area contributed by atoms with Crippen molar-refractivity contribution in [2.45, 2.75) is 65.3 Å². The van der Waals surface area contributed by atoms with Crippen molar-refractivity contribution in [1.82, 2.24) is 29.9 Å². The Kier molecular flexibility index (Phi) is 7.64. The number of hydrogen-bond donors (Lipinski definition) is 2. The largest absolute Gasteiger partial charge is 0.460 e. The van der Waals surface area contributed by atoms with Crippen molar-refractivity contribution in [3.05, 3.63) is 87.0 Å². The molecule has 12 heteroatoms. The fourth-order valence-corrected chi connectivity index (χ4v) is 6.87. The van der Waals surface area contributed by atoms with E-state index >= 15 is 0 Å². The minimum atomic E-state index is -0.916. The molecule has 5 heterocycles. The van der Waals surface area contributed by atoms with Crippen LogP contribution in [-0.4, -0.2) is 49.7 Å². The predicted octanol–water partition coefficient (Wildman–Crippen LogP) is 3.69. The summed E-state index contributed by atoms with van der Waals surface area (Å²) >= 11 is 0. The zero-order chi connectivity index (χ0) is 33.0. The molecule has 2 aliphatic rings. The number of amides is 1. The van der Waals surface area contributed by atoms with Crippen LogP contribution in [0.25, 0.3) is 33.1 Å². The summed E-state index contributed by atoms with van der Waals surface area (Å²) in [5.74, 6) is -0.565. The van der Waals surface area contributed by atoms with Crippen molar-refractivity contribution in [2.75, 3.05) is 13.3 Å². The lowest BCUT2D eigenvalue weighted by molar-refractivity contribution is -0.153. The Balaban J connectivity index is 1.36. The van der Waals surface area contributed by atoms with Crippen molar-refractivity contribution in [3.63, 3.8) is 0 Å². The number of aromatic nitrogens is 5. The van der Waals surface area contributed by atoms with Crippen LogP contribution in [0.5, 0.6) is 0 Å². The fourth-order valence-electron chi connectivity index (χ4n) is 6.87. The van der Waals surface area contributed by atoms with E-state index in [1.54, 1.807) is 9.25 Å². The lowest BCUT2D eigenvalue weighted by Crippen LogP contribution is -2.42. The van der Waals surface area contributed by atoms with Gasteiger partial charge in [0.25, 0.3) is 5.56 Å². The molecule has 0 saturated heterocycles. The van der Waals surface area contributed by atoms with Crippen molar-refractivity contribution in [3.8, 4) is 11.4 Å². The number of cyclic esters (lactones) is 1. The number of nitrogens with two attached hydrogens (primary N) is 1. The SMILES string of the molecule is CC[C@@]1(C)C(=O)OCc2c1cc1n(c2=O)Cc2c-1nc1ccc3ccccc3c1c2Cn1cc(C(OCNC(=O)CN)C(C)C)nn1. The number of nitrogens with zero attached hydrogens (tertiary/aromatic N) is 5. The number of nitrogens with one attached hydrogen (secondary N) is 1. The third-order valence-corrected chi connectivity index (χ3v) is 9.64. The van der Waals surface area contributed by atoms with Gasteiger partial charge in [-0.3, -0.25) is 14.4 Å². The summed E-state index contributed by atoms with van der Waals surface area (Å²) in [5, 5.41) is 14.7. The Morgan fingerprint density at radius 2 is 1.98 bits per heavy atom. The molecule has 1 amide bonds. The molecule has 242 valence electrons. The van der Waals surface area contributed by atoms with Gasteiger partial charge in [0, 0.05) is 10.9 Å². The summed E-state index contributed by atoms with van der Waals surface area (Å²) in [6.45, 7) is 8.35. The van der Waals surface area contributed by atoms with E-state index < -0.39 is 11.5 Å². The van der Waals surface area contributed by atoms with Gasteiger partial charge in [-0.1, -0.05) is 56.3 Å². The van der Waals surface area contributed by atoms with E-state index in [4.69, 9.17) is 20.2 Å². The molecule has 0 aliphatic carbocycles. The zero-order valence-corrected chi connectivity index (χ0v) is 26.9. The number of pyridine rings is 2. The molecule has 7 rings (SSSR count). The van der Waals surface area contributed by atoms with Crippen LogP contribution in [0.2, 0.25) is 0 Å². The number of carbonyl (C=O) groups is 2. The molecule has 5 aromatic rings. The molecule has 3 N–H and O–H groups in total. The number of ether oxygens (including phenoxy) is 2. The minimum Gasteiger partial charge on any atom is -0.460 e. The molecule has 0 radical (unpaired) electrons. The number of fused-ring (bicyclic) bond motifs is 7. The van der Waals surface area contributed by atoms with Gasteiger partial charge in [-0.05, 0) is 53.3 Å². The van der Waals surface area contributed by atoms with Crippen LogP contribution in [0, 0.1) is 5.92 Å².